The minimum Gasteiger partial charge on any atom is -0.398 e. The summed E-state index contributed by atoms with van der Waals surface area (Å²) in [7, 11) is 2.04. The first-order chi connectivity index (χ1) is 8.90. The zero-order chi connectivity index (χ0) is 14.2. The first kappa shape index (κ1) is 13.5. The molecule has 102 valence electrons. The molecular weight excluding hydrogens is 238 g/mol. The van der Waals surface area contributed by atoms with Crippen molar-refractivity contribution in [1.29, 1.82) is 0 Å². The second-order valence-corrected chi connectivity index (χ2v) is 5.35. The third kappa shape index (κ3) is 2.57. The van der Waals surface area contributed by atoms with Crippen LogP contribution < -0.4 is 16.0 Å². The Kier molecular flexibility index (Phi) is 3.51. The van der Waals surface area contributed by atoms with Crippen molar-refractivity contribution in [1.82, 2.24) is 0 Å². The van der Waals surface area contributed by atoms with Crippen molar-refractivity contribution in [2.24, 2.45) is 11.7 Å². The van der Waals surface area contributed by atoms with Crippen LogP contribution in [-0.4, -0.2) is 19.0 Å². The molecule has 1 heterocycles. The monoisotopic (exact) mass is 259 g/mol. The maximum atomic E-state index is 11.7. The van der Waals surface area contributed by atoms with E-state index in [1.165, 1.54) is 0 Å². The molecule has 0 spiro atoms. The van der Waals surface area contributed by atoms with Crippen LogP contribution in [0.1, 0.15) is 26.3 Å². The van der Waals surface area contributed by atoms with E-state index in [1.807, 2.05) is 45.2 Å². The molecule has 0 fully saturated rings. The van der Waals surface area contributed by atoms with E-state index >= 15 is 0 Å². The van der Waals surface area contributed by atoms with Crippen LogP contribution in [-0.2, 0) is 4.79 Å². The molecule has 1 aromatic rings. The molecule has 2 rings (SSSR count). The van der Waals surface area contributed by atoms with Gasteiger partial charge in [0.15, 0.2) is 0 Å². The maximum absolute atomic E-state index is 11.7. The summed E-state index contributed by atoms with van der Waals surface area (Å²) in [6.45, 7) is 5.85. The highest BCUT2D eigenvalue weighted by Gasteiger charge is 2.20. The van der Waals surface area contributed by atoms with Crippen molar-refractivity contribution < 1.29 is 4.79 Å². The van der Waals surface area contributed by atoms with E-state index in [0.29, 0.717) is 0 Å². The second-order valence-electron chi connectivity index (χ2n) is 5.35. The highest BCUT2D eigenvalue weighted by Crippen LogP contribution is 2.32. The summed E-state index contributed by atoms with van der Waals surface area (Å²) in [4.78, 5) is 13.9. The van der Waals surface area contributed by atoms with Crippen molar-refractivity contribution in [2.45, 2.75) is 26.8 Å². The minimum absolute atomic E-state index is 0.0139. The highest BCUT2D eigenvalue weighted by atomic mass is 16.1. The SMILES string of the molecule is CC(C)C(=O)Nc1ccc2c(c1)C(N)=CC(C)N2C. The smallest absolute Gasteiger partial charge is 0.226 e. The highest BCUT2D eigenvalue weighted by molar-refractivity contribution is 5.93. The number of carbonyl (C=O) groups excluding carboxylic acids is 1. The summed E-state index contributed by atoms with van der Waals surface area (Å²) in [6, 6.07) is 6.13. The zero-order valence-corrected chi connectivity index (χ0v) is 11.9. The van der Waals surface area contributed by atoms with Crippen LogP contribution in [0.2, 0.25) is 0 Å². The summed E-state index contributed by atoms with van der Waals surface area (Å²) >= 11 is 0. The fourth-order valence-corrected chi connectivity index (χ4v) is 2.12. The first-order valence-corrected chi connectivity index (χ1v) is 6.55. The van der Waals surface area contributed by atoms with Gasteiger partial charge in [-0.05, 0) is 31.2 Å². The van der Waals surface area contributed by atoms with E-state index in [4.69, 9.17) is 5.73 Å². The number of nitrogens with two attached hydrogens (primary N) is 1. The number of fused-ring (bicyclic) bond motifs is 1. The fourth-order valence-electron chi connectivity index (χ4n) is 2.12. The molecule has 0 aliphatic carbocycles. The van der Waals surface area contributed by atoms with Gasteiger partial charge in [0.2, 0.25) is 5.91 Å². The summed E-state index contributed by atoms with van der Waals surface area (Å²) in [6.07, 6.45) is 2.02. The molecule has 1 aliphatic rings. The predicted octanol–water partition coefficient (Wildman–Crippen LogP) is 2.42. The number of likely N-dealkylation sites (N-methyl/N-ethyl adjacent to an activating group) is 1. The minimum atomic E-state index is -0.0355. The van der Waals surface area contributed by atoms with Gasteiger partial charge in [0.25, 0.3) is 0 Å². The second kappa shape index (κ2) is 4.96. The quantitative estimate of drug-likeness (QED) is 0.857. The molecule has 0 saturated heterocycles. The molecule has 19 heavy (non-hydrogen) atoms. The number of carbonyl (C=O) groups is 1. The van der Waals surface area contributed by atoms with Crippen LogP contribution in [0.3, 0.4) is 0 Å². The summed E-state index contributed by atoms with van der Waals surface area (Å²) in [5.74, 6) is -0.0216. The van der Waals surface area contributed by atoms with E-state index in [0.717, 1.165) is 22.6 Å². The third-order valence-corrected chi connectivity index (χ3v) is 3.51. The Morgan fingerprint density at radius 3 is 2.74 bits per heavy atom. The predicted molar refractivity (Wildman–Crippen MR) is 79.9 cm³/mol. The molecular formula is C15H21N3O. The maximum Gasteiger partial charge on any atom is 0.226 e. The van der Waals surface area contributed by atoms with E-state index in [2.05, 4.69) is 17.1 Å². The van der Waals surface area contributed by atoms with Crippen molar-refractivity contribution in [2.75, 3.05) is 17.3 Å². The Balaban J connectivity index is 2.33. The lowest BCUT2D eigenvalue weighted by atomic mass is 10.0. The van der Waals surface area contributed by atoms with Gasteiger partial charge in [-0.15, -0.1) is 0 Å². The molecule has 3 N–H and O–H groups in total. The van der Waals surface area contributed by atoms with Crippen LogP contribution in [0.25, 0.3) is 5.70 Å². The topological polar surface area (TPSA) is 58.4 Å². The molecule has 0 saturated carbocycles. The normalized spacial score (nSPS) is 18.1. The van der Waals surface area contributed by atoms with Crippen LogP contribution in [0, 0.1) is 5.92 Å². The van der Waals surface area contributed by atoms with Gasteiger partial charge in [-0.1, -0.05) is 13.8 Å². The lowest BCUT2D eigenvalue weighted by molar-refractivity contribution is -0.118. The molecule has 1 aliphatic heterocycles. The molecule has 4 nitrogen and oxygen atoms in total. The van der Waals surface area contributed by atoms with Gasteiger partial charge >= 0.3 is 0 Å². The molecule has 0 bridgehead atoms. The summed E-state index contributed by atoms with van der Waals surface area (Å²) < 4.78 is 0. The molecule has 0 aromatic heterocycles. The van der Waals surface area contributed by atoms with Crippen molar-refractivity contribution in [3.63, 3.8) is 0 Å². The van der Waals surface area contributed by atoms with Gasteiger partial charge in [0, 0.05) is 41.6 Å². The molecule has 0 radical (unpaired) electrons. The third-order valence-electron chi connectivity index (χ3n) is 3.51. The van der Waals surface area contributed by atoms with Gasteiger partial charge in [0.05, 0.1) is 0 Å². The first-order valence-electron chi connectivity index (χ1n) is 6.55. The van der Waals surface area contributed by atoms with Crippen LogP contribution in [0.4, 0.5) is 11.4 Å². The summed E-state index contributed by atoms with van der Waals surface area (Å²) in [5.41, 5.74) is 9.70. The fraction of sp³-hybridized carbons (Fsp3) is 0.400. The zero-order valence-electron chi connectivity index (χ0n) is 11.9. The van der Waals surface area contributed by atoms with Gasteiger partial charge in [-0.25, -0.2) is 0 Å². The van der Waals surface area contributed by atoms with Crippen LogP contribution in [0.5, 0.6) is 0 Å². The van der Waals surface area contributed by atoms with Gasteiger partial charge < -0.3 is 16.0 Å². The lowest BCUT2D eigenvalue weighted by Crippen LogP contribution is -2.32. The average molecular weight is 259 g/mol. The van der Waals surface area contributed by atoms with Crippen molar-refractivity contribution in [3.8, 4) is 0 Å². The van der Waals surface area contributed by atoms with E-state index in [9.17, 15) is 4.79 Å². The number of amides is 1. The standard InChI is InChI=1S/C15H21N3O/c1-9(2)15(19)17-11-5-6-14-12(8-11)13(16)7-10(3)18(14)4/h5-10H,16H2,1-4H3,(H,17,19). The van der Waals surface area contributed by atoms with E-state index < -0.39 is 0 Å². The Morgan fingerprint density at radius 1 is 1.42 bits per heavy atom. The largest absolute Gasteiger partial charge is 0.398 e. The Bertz CT molecular complexity index is 534. The van der Waals surface area contributed by atoms with Crippen LogP contribution >= 0.6 is 0 Å². The number of anilines is 2. The molecule has 1 aromatic carbocycles. The van der Waals surface area contributed by atoms with E-state index in [-0.39, 0.29) is 17.9 Å². The molecule has 1 atom stereocenters. The van der Waals surface area contributed by atoms with Gasteiger partial charge in [-0.3, -0.25) is 4.79 Å². The summed E-state index contributed by atoms with van der Waals surface area (Å²) in [5, 5.41) is 2.90. The average Bonchev–Trinajstić information content (AvgIpc) is 2.36. The van der Waals surface area contributed by atoms with Gasteiger partial charge in [-0.2, -0.15) is 0 Å². The Hall–Kier alpha value is -1.97. The number of hydrogen-bond donors (Lipinski definition) is 2. The number of nitrogens with one attached hydrogen (secondary N) is 1. The number of nitrogens with zero attached hydrogens (tertiary/aromatic N) is 1. The number of hydrogen-bond acceptors (Lipinski definition) is 3. The van der Waals surface area contributed by atoms with Crippen molar-refractivity contribution >= 4 is 23.0 Å². The van der Waals surface area contributed by atoms with E-state index in [1.54, 1.807) is 0 Å². The van der Waals surface area contributed by atoms with Crippen molar-refractivity contribution in [3.05, 3.63) is 29.8 Å². The molecule has 4 heteroatoms. The molecule has 1 unspecified atom stereocenters. The van der Waals surface area contributed by atoms with Gasteiger partial charge in [0.1, 0.15) is 0 Å². The molecule has 1 amide bonds. The number of rotatable bonds is 2. The number of benzene rings is 1. The van der Waals surface area contributed by atoms with Crippen LogP contribution in [0.15, 0.2) is 24.3 Å². The Labute approximate surface area is 114 Å². The lowest BCUT2D eigenvalue weighted by Gasteiger charge is -2.32. The Morgan fingerprint density at radius 2 is 2.11 bits per heavy atom.